The minimum absolute atomic E-state index is 0.130. The Bertz CT molecular complexity index is 282. The molecule has 4 heteroatoms. The van der Waals surface area contributed by atoms with Crippen molar-refractivity contribution in [3.8, 4) is 0 Å². The maximum absolute atomic E-state index is 11.4. The van der Waals surface area contributed by atoms with Gasteiger partial charge in [0.15, 0.2) is 0 Å². The van der Waals surface area contributed by atoms with Crippen molar-refractivity contribution in [1.82, 2.24) is 5.32 Å². The van der Waals surface area contributed by atoms with Gasteiger partial charge in [0.2, 0.25) is 5.91 Å². The Morgan fingerprint density at radius 1 is 1.71 bits per heavy atom. The molecule has 4 nitrogen and oxygen atoms in total. The van der Waals surface area contributed by atoms with Crippen LogP contribution in [0.5, 0.6) is 0 Å². The van der Waals surface area contributed by atoms with Crippen LogP contribution in [0.15, 0.2) is 22.8 Å². The van der Waals surface area contributed by atoms with Gasteiger partial charge in [-0.05, 0) is 25.5 Å². The molecule has 1 heterocycles. The van der Waals surface area contributed by atoms with Crippen LogP contribution in [0.25, 0.3) is 0 Å². The lowest BCUT2D eigenvalue weighted by molar-refractivity contribution is -0.123. The van der Waals surface area contributed by atoms with Crippen molar-refractivity contribution >= 4 is 5.91 Å². The van der Waals surface area contributed by atoms with Crippen molar-refractivity contribution < 1.29 is 9.21 Å². The number of amides is 1. The standard InChI is InChI=1S/C10H16N2O2/c1-3-8(11)10(13)12-7(2)9-5-4-6-14-9/h4-8H,3,11H2,1-2H3,(H,12,13)/t7-,8+/m1/s1. The molecule has 14 heavy (non-hydrogen) atoms. The van der Waals surface area contributed by atoms with Gasteiger partial charge in [0.25, 0.3) is 0 Å². The minimum Gasteiger partial charge on any atom is -0.467 e. The van der Waals surface area contributed by atoms with Crippen molar-refractivity contribution in [2.45, 2.75) is 32.4 Å². The van der Waals surface area contributed by atoms with Gasteiger partial charge >= 0.3 is 0 Å². The molecule has 1 amide bonds. The highest BCUT2D eigenvalue weighted by Crippen LogP contribution is 2.12. The number of carbonyl (C=O) groups excluding carboxylic acids is 1. The van der Waals surface area contributed by atoms with Gasteiger partial charge in [0, 0.05) is 0 Å². The molecule has 0 fully saturated rings. The van der Waals surface area contributed by atoms with Gasteiger partial charge in [-0.1, -0.05) is 6.92 Å². The predicted octanol–water partition coefficient (Wildman–Crippen LogP) is 1.19. The van der Waals surface area contributed by atoms with Crippen LogP contribution >= 0.6 is 0 Å². The molecule has 2 atom stereocenters. The number of furan rings is 1. The first kappa shape index (κ1) is 10.8. The molecule has 0 radical (unpaired) electrons. The summed E-state index contributed by atoms with van der Waals surface area (Å²) in [6.07, 6.45) is 2.22. The first-order valence-corrected chi connectivity index (χ1v) is 4.74. The SMILES string of the molecule is CC[C@H](N)C(=O)N[C@H](C)c1ccco1. The third-order valence-corrected chi connectivity index (χ3v) is 2.11. The first-order chi connectivity index (χ1) is 6.65. The van der Waals surface area contributed by atoms with Crippen LogP contribution in [0.3, 0.4) is 0 Å². The number of hydrogen-bond donors (Lipinski definition) is 2. The van der Waals surface area contributed by atoms with Crippen molar-refractivity contribution in [1.29, 1.82) is 0 Å². The molecule has 0 aromatic carbocycles. The number of carbonyl (C=O) groups is 1. The van der Waals surface area contributed by atoms with E-state index < -0.39 is 6.04 Å². The van der Waals surface area contributed by atoms with Crippen molar-refractivity contribution in [2.75, 3.05) is 0 Å². The maximum atomic E-state index is 11.4. The fourth-order valence-corrected chi connectivity index (χ4v) is 1.11. The Kier molecular flexibility index (Phi) is 3.71. The molecule has 0 unspecified atom stereocenters. The molecule has 0 bridgehead atoms. The van der Waals surface area contributed by atoms with E-state index in [1.807, 2.05) is 19.9 Å². The Morgan fingerprint density at radius 2 is 2.43 bits per heavy atom. The Hall–Kier alpha value is -1.29. The van der Waals surface area contributed by atoms with Gasteiger partial charge < -0.3 is 15.5 Å². The molecule has 0 aliphatic carbocycles. The van der Waals surface area contributed by atoms with E-state index in [0.29, 0.717) is 6.42 Å². The Morgan fingerprint density at radius 3 is 2.93 bits per heavy atom. The van der Waals surface area contributed by atoms with Gasteiger partial charge in [0.1, 0.15) is 5.76 Å². The van der Waals surface area contributed by atoms with Crippen LogP contribution in [0.2, 0.25) is 0 Å². The summed E-state index contributed by atoms with van der Waals surface area (Å²) < 4.78 is 5.15. The van der Waals surface area contributed by atoms with E-state index in [9.17, 15) is 4.79 Å². The second kappa shape index (κ2) is 4.81. The van der Waals surface area contributed by atoms with Gasteiger partial charge in [-0.15, -0.1) is 0 Å². The highest BCUT2D eigenvalue weighted by Gasteiger charge is 2.15. The smallest absolute Gasteiger partial charge is 0.237 e. The molecule has 1 aromatic rings. The summed E-state index contributed by atoms with van der Waals surface area (Å²) in [5, 5.41) is 2.78. The third-order valence-electron chi connectivity index (χ3n) is 2.11. The molecular formula is C10H16N2O2. The van der Waals surface area contributed by atoms with Crippen LogP contribution in [0.1, 0.15) is 32.1 Å². The van der Waals surface area contributed by atoms with Gasteiger partial charge in [0.05, 0.1) is 18.3 Å². The second-order valence-electron chi connectivity index (χ2n) is 3.26. The zero-order valence-electron chi connectivity index (χ0n) is 8.49. The minimum atomic E-state index is -0.438. The highest BCUT2D eigenvalue weighted by molar-refractivity contribution is 5.81. The van der Waals surface area contributed by atoms with E-state index in [1.54, 1.807) is 12.3 Å². The average molecular weight is 196 g/mol. The molecule has 0 saturated heterocycles. The molecule has 0 aliphatic rings. The zero-order valence-corrected chi connectivity index (χ0v) is 8.49. The zero-order chi connectivity index (χ0) is 10.6. The number of nitrogens with one attached hydrogen (secondary N) is 1. The summed E-state index contributed by atoms with van der Waals surface area (Å²) in [6, 6.07) is 3.04. The fraction of sp³-hybridized carbons (Fsp3) is 0.500. The van der Waals surface area contributed by atoms with Gasteiger partial charge in [-0.2, -0.15) is 0 Å². The molecule has 0 saturated carbocycles. The second-order valence-corrected chi connectivity index (χ2v) is 3.26. The van der Waals surface area contributed by atoms with E-state index >= 15 is 0 Å². The van der Waals surface area contributed by atoms with Crippen molar-refractivity contribution in [3.05, 3.63) is 24.2 Å². The summed E-state index contributed by atoms with van der Waals surface area (Å²) in [7, 11) is 0. The van der Waals surface area contributed by atoms with Crippen LogP contribution in [-0.4, -0.2) is 11.9 Å². The van der Waals surface area contributed by atoms with Crippen molar-refractivity contribution in [3.63, 3.8) is 0 Å². The number of hydrogen-bond acceptors (Lipinski definition) is 3. The summed E-state index contributed by atoms with van der Waals surface area (Å²) in [5.74, 6) is 0.595. The average Bonchev–Trinajstić information content (AvgIpc) is 2.69. The summed E-state index contributed by atoms with van der Waals surface area (Å²) in [6.45, 7) is 3.74. The van der Waals surface area contributed by atoms with Crippen LogP contribution in [0.4, 0.5) is 0 Å². The summed E-state index contributed by atoms with van der Waals surface area (Å²) in [4.78, 5) is 11.4. The molecule has 0 aliphatic heterocycles. The molecule has 0 spiro atoms. The van der Waals surface area contributed by atoms with Gasteiger partial charge in [-0.25, -0.2) is 0 Å². The molecular weight excluding hydrogens is 180 g/mol. The Balaban J connectivity index is 2.49. The lowest BCUT2D eigenvalue weighted by atomic mass is 10.2. The monoisotopic (exact) mass is 196 g/mol. The largest absolute Gasteiger partial charge is 0.467 e. The summed E-state index contributed by atoms with van der Waals surface area (Å²) >= 11 is 0. The number of nitrogens with two attached hydrogens (primary N) is 1. The lowest BCUT2D eigenvalue weighted by Gasteiger charge is -2.14. The normalized spacial score (nSPS) is 14.8. The van der Waals surface area contributed by atoms with Crippen LogP contribution in [0, 0.1) is 0 Å². The maximum Gasteiger partial charge on any atom is 0.237 e. The van der Waals surface area contributed by atoms with Crippen LogP contribution in [-0.2, 0) is 4.79 Å². The van der Waals surface area contributed by atoms with E-state index in [1.165, 1.54) is 0 Å². The van der Waals surface area contributed by atoms with Crippen LogP contribution < -0.4 is 11.1 Å². The molecule has 3 N–H and O–H groups in total. The number of rotatable bonds is 4. The highest BCUT2D eigenvalue weighted by atomic mass is 16.3. The molecule has 78 valence electrons. The van der Waals surface area contributed by atoms with E-state index in [0.717, 1.165) is 5.76 Å². The topological polar surface area (TPSA) is 68.3 Å². The molecule has 1 rings (SSSR count). The lowest BCUT2D eigenvalue weighted by Crippen LogP contribution is -2.41. The van der Waals surface area contributed by atoms with Crippen molar-refractivity contribution in [2.24, 2.45) is 5.73 Å². The van der Waals surface area contributed by atoms with E-state index in [2.05, 4.69) is 5.32 Å². The van der Waals surface area contributed by atoms with E-state index in [4.69, 9.17) is 10.2 Å². The predicted molar refractivity (Wildman–Crippen MR) is 53.5 cm³/mol. The quantitative estimate of drug-likeness (QED) is 0.760. The first-order valence-electron chi connectivity index (χ1n) is 4.74. The van der Waals surface area contributed by atoms with Gasteiger partial charge in [-0.3, -0.25) is 4.79 Å². The Labute approximate surface area is 83.5 Å². The summed E-state index contributed by atoms with van der Waals surface area (Å²) in [5.41, 5.74) is 5.58. The fourth-order valence-electron chi connectivity index (χ4n) is 1.11. The molecule has 1 aromatic heterocycles. The third kappa shape index (κ3) is 2.60. The van der Waals surface area contributed by atoms with E-state index in [-0.39, 0.29) is 11.9 Å².